The van der Waals surface area contributed by atoms with Crippen LogP contribution in [0.1, 0.15) is 46.5 Å². The summed E-state index contributed by atoms with van der Waals surface area (Å²) in [7, 11) is 0. The van der Waals surface area contributed by atoms with Crippen LogP contribution in [0.3, 0.4) is 0 Å². The third-order valence-corrected chi connectivity index (χ3v) is 4.46. The lowest BCUT2D eigenvalue weighted by atomic mass is 9.88. The molecule has 1 amide bonds. The van der Waals surface area contributed by atoms with Crippen LogP contribution in [0.4, 0.5) is 4.79 Å². The molecular weight excluding hydrogens is 284 g/mol. The van der Waals surface area contributed by atoms with Gasteiger partial charge < -0.3 is 14.7 Å². The topological polar surface area (TPSA) is 70.1 Å². The molecule has 0 radical (unpaired) electrons. The molecule has 0 spiro atoms. The normalized spacial score (nSPS) is 24.5. The molecular formula is C16H28N2O4. The summed E-state index contributed by atoms with van der Waals surface area (Å²) in [6.07, 6.45) is 3.76. The molecule has 1 atom stereocenters. The van der Waals surface area contributed by atoms with Gasteiger partial charge in [0.05, 0.1) is 6.54 Å². The molecule has 2 aliphatic heterocycles. The summed E-state index contributed by atoms with van der Waals surface area (Å²) < 4.78 is 5.52. The highest BCUT2D eigenvalue weighted by molar-refractivity contribution is 5.69. The number of carboxylic acids is 1. The second-order valence-electron chi connectivity index (χ2n) is 7.39. The van der Waals surface area contributed by atoms with Gasteiger partial charge in [0.1, 0.15) is 5.60 Å². The molecule has 0 aromatic rings. The number of nitrogens with zero attached hydrogens (tertiary/aromatic N) is 2. The van der Waals surface area contributed by atoms with E-state index in [1.807, 2.05) is 30.6 Å². The molecule has 2 rings (SSSR count). The number of aliphatic carboxylic acids is 1. The minimum Gasteiger partial charge on any atom is -0.480 e. The molecule has 126 valence electrons. The predicted octanol–water partition coefficient (Wildman–Crippen LogP) is 2.18. The first-order valence-electron chi connectivity index (χ1n) is 8.20. The Balaban J connectivity index is 1.89. The van der Waals surface area contributed by atoms with E-state index in [4.69, 9.17) is 9.84 Å². The van der Waals surface area contributed by atoms with Crippen molar-refractivity contribution in [2.45, 2.75) is 58.1 Å². The molecule has 2 heterocycles. The van der Waals surface area contributed by atoms with Crippen molar-refractivity contribution in [1.82, 2.24) is 9.80 Å². The van der Waals surface area contributed by atoms with Crippen LogP contribution < -0.4 is 0 Å². The minimum atomic E-state index is -0.769. The minimum absolute atomic E-state index is 0.118. The maximum Gasteiger partial charge on any atom is 0.410 e. The van der Waals surface area contributed by atoms with Crippen molar-refractivity contribution in [3.8, 4) is 0 Å². The number of amides is 1. The van der Waals surface area contributed by atoms with Crippen LogP contribution in [-0.2, 0) is 9.53 Å². The van der Waals surface area contributed by atoms with E-state index in [9.17, 15) is 9.59 Å². The van der Waals surface area contributed by atoms with Crippen LogP contribution in [0.2, 0.25) is 0 Å². The van der Waals surface area contributed by atoms with Gasteiger partial charge in [-0.3, -0.25) is 9.69 Å². The zero-order chi connectivity index (χ0) is 16.3. The van der Waals surface area contributed by atoms with E-state index in [1.165, 1.54) is 0 Å². The highest BCUT2D eigenvalue weighted by Crippen LogP contribution is 2.32. The summed E-state index contributed by atoms with van der Waals surface area (Å²) >= 11 is 0. The molecule has 6 heteroatoms. The zero-order valence-corrected chi connectivity index (χ0v) is 13.9. The number of carboxylic acid groups (broad SMARTS) is 1. The summed E-state index contributed by atoms with van der Waals surface area (Å²) in [6, 6.07) is 0.252. The van der Waals surface area contributed by atoms with E-state index in [0.717, 1.165) is 45.3 Å². The van der Waals surface area contributed by atoms with Gasteiger partial charge in [0.15, 0.2) is 0 Å². The van der Waals surface area contributed by atoms with Crippen molar-refractivity contribution < 1.29 is 19.4 Å². The van der Waals surface area contributed by atoms with E-state index in [-0.39, 0.29) is 18.7 Å². The fourth-order valence-electron chi connectivity index (χ4n) is 3.52. The molecule has 0 aliphatic carbocycles. The number of carbonyl (C=O) groups excluding carboxylic acids is 1. The summed E-state index contributed by atoms with van der Waals surface area (Å²) in [5.74, 6) is -0.310. The number of carbonyl (C=O) groups is 2. The van der Waals surface area contributed by atoms with Gasteiger partial charge >= 0.3 is 12.1 Å². The Labute approximate surface area is 132 Å². The number of hydrogen-bond donors (Lipinski definition) is 1. The maximum absolute atomic E-state index is 12.3. The molecule has 0 saturated carbocycles. The Morgan fingerprint density at radius 1 is 1.14 bits per heavy atom. The van der Waals surface area contributed by atoms with Crippen LogP contribution in [-0.4, -0.2) is 64.8 Å². The number of ether oxygens (including phenoxy) is 1. The molecule has 0 aromatic heterocycles. The van der Waals surface area contributed by atoms with Crippen LogP contribution in [0.25, 0.3) is 0 Å². The Bertz CT molecular complexity index is 411. The number of rotatable bonds is 3. The van der Waals surface area contributed by atoms with Crippen molar-refractivity contribution in [2.24, 2.45) is 5.92 Å². The third kappa shape index (κ3) is 4.60. The predicted molar refractivity (Wildman–Crippen MR) is 82.8 cm³/mol. The van der Waals surface area contributed by atoms with Crippen LogP contribution in [0.5, 0.6) is 0 Å². The first kappa shape index (κ1) is 17.1. The molecule has 0 aromatic carbocycles. The maximum atomic E-state index is 12.3. The first-order chi connectivity index (χ1) is 10.3. The summed E-state index contributed by atoms with van der Waals surface area (Å²) in [4.78, 5) is 27.0. The smallest absolute Gasteiger partial charge is 0.410 e. The molecule has 2 saturated heterocycles. The van der Waals surface area contributed by atoms with Gasteiger partial charge in [-0.15, -0.1) is 0 Å². The molecule has 6 nitrogen and oxygen atoms in total. The van der Waals surface area contributed by atoms with E-state index >= 15 is 0 Å². The zero-order valence-electron chi connectivity index (χ0n) is 13.9. The third-order valence-electron chi connectivity index (χ3n) is 4.46. The molecule has 22 heavy (non-hydrogen) atoms. The molecule has 1 unspecified atom stereocenters. The van der Waals surface area contributed by atoms with Gasteiger partial charge in [0.25, 0.3) is 0 Å². The van der Waals surface area contributed by atoms with E-state index in [1.54, 1.807) is 0 Å². The largest absolute Gasteiger partial charge is 0.480 e. The first-order valence-corrected chi connectivity index (χ1v) is 8.20. The average molecular weight is 312 g/mol. The van der Waals surface area contributed by atoms with Crippen molar-refractivity contribution in [1.29, 1.82) is 0 Å². The lowest BCUT2D eigenvalue weighted by Gasteiger charge is -2.38. The van der Waals surface area contributed by atoms with Gasteiger partial charge in [-0.2, -0.15) is 0 Å². The molecule has 0 bridgehead atoms. The Morgan fingerprint density at radius 3 is 2.32 bits per heavy atom. The Hall–Kier alpha value is -1.30. The quantitative estimate of drug-likeness (QED) is 0.865. The van der Waals surface area contributed by atoms with Gasteiger partial charge in [-0.1, -0.05) is 0 Å². The number of likely N-dealkylation sites (tertiary alicyclic amines) is 2. The van der Waals surface area contributed by atoms with Crippen LogP contribution in [0, 0.1) is 5.92 Å². The lowest BCUT2D eigenvalue weighted by Crippen LogP contribution is -2.47. The summed E-state index contributed by atoms with van der Waals surface area (Å²) in [5, 5.41) is 8.86. The van der Waals surface area contributed by atoms with Crippen molar-refractivity contribution in [3.63, 3.8) is 0 Å². The van der Waals surface area contributed by atoms with Crippen molar-refractivity contribution >= 4 is 12.1 Å². The van der Waals surface area contributed by atoms with Crippen LogP contribution in [0.15, 0.2) is 0 Å². The standard InChI is InChI=1S/C16H28N2O4/c1-16(2,3)22-15(21)18-8-4-5-13(18)12-6-9-17(10-7-12)11-14(19)20/h12-13H,4-11H2,1-3H3,(H,19,20). The number of piperidine rings is 1. The van der Waals surface area contributed by atoms with E-state index < -0.39 is 11.6 Å². The SMILES string of the molecule is CC(C)(C)OC(=O)N1CCCC1C1CCN(CC(=O)O)CC1. The lowest BCUT2D eigenvalue weighted by molar-refractivity contribution is -0.138. The van der Waals surface area contributed by atoms with Gasteiger partial charge in [-0.05, 0) is 65.5 Å². The summed E-state index contributed by atoms with van der Waals surface area (Å²) in [5.41, 5.74) is -0.463. The van der Waals surface area contributed by atoms with Crippen molar-refractivity contribution in [3.05, 3.63) is 0 Å². The molecule has 2 aliphatic rings. The van der Waals surface area contributed by atoms with E-state index in [2.05, 4.69) is 0 Å². The number of hydrogen-bond acceptors (Lipinski definition) is 4. The second kappa shape index (κ2) is 6.86. The van der Waals surface area contributed by atoms with Gasteiger partial charge in [-0.25, -0.2) is 4.79 Å². The highest BCUT2D eigenvalue weighted by Gasteiger charge is 2.38. The van der Waals surface area contributed by atoms with Crippen LogP contribution >= 0.6 is 0 Å². The average Bonchev–Trinajstić information content (AvgIpc) is 2.86. The van der Waals surface area contributed by atoms with Crippen molar-refractivity contribution in [2.75, 3.05) is 26.2 Å². The fourth-order valence-corrected chi connectivity index (χ4v) is 3.52. The monoisotopic (exact) mass is 312 g/mol. The van der Waals surface area contributed by atoms with Gasteiger partial charge in [0.2, 0.25) is 0 Å². The second-order valence-corrected chi connectivity index (χ2v) is 7.39. The fraction of sp³-hybridized carbons (Fsp3) is 0.875. The summed E-state index contributed by atoms with van der Waals surface area (Å²) in [6.45, 7) is 8.16. The Morgan fingerprint density at radius 2 is 1.77 bits per heavy atom. The molecule has 2 fully saturated rings. The highest BCUT2D eigenvalue weighted by atomic mass is 16.6. The molecule has 1 N–H and O–H groups in total. The van der Waals surface area contributed by atoms with Gasteiger partial charge in [0, 0.05) is 12.6 Å². The van der Waals surface area contributed by atoms with E-state index in [0.29, 0.717) is 5.92 Å². The Kier molecular flexibility index (Phi) is 5.32.